The zero-order valence-corrected chi connectivity index (χ0v) is 12.7. The Morgan fingerprint density at radius 2 is 1.86 bits per heavy atom. The van der Waals surface area contributed by atoms with Crippen molar-refractivity contribution in [1.29, 1.82) is 0 Å². The van der Waals surface area contributed by atoms with Crippen molar-refractivity contribution in [2.45, 2.75) is 37.8 Å². The van der Waals surface area contributed by atoms with E-state index in [2.05, 4.69) is 0 Å². The number of carbonyl (C=O) groups is 1. The van der Waals surface area contributed by atoms with Crippen molar-refractivity contribution in [3.05, 3.63) is 34.6 Å². The molecular weight excluding hydrogens is 293 g/mol. The first kappa shape index (κ1) is 14.8. The van der Waals surface area contributed by atoms with Gasteiger partial charge in [0.2, 0.25) is 0 Å². The summed E-state index contributed by atoms with van der Waals surface area (Å²) in [5.74, 6) is 0.334. The van der Waals surface area contributed by atoms with E-state index in [4.69, 9.17) is 11.6 Å². The number of amides is 1. The fraction of sp³-hybridized carbons (Fsp3) is 0.562. The van der Waals surface area contributed by atoms with Crippen LogP contribution in [0.15, 0.2) is 18.2 Å². The molecule has 1 N–H and O–H groups in total. The van der Waals surface area contributed by atoms with Gasteiger partial charge >= 0.3 is 0 Å². The Labute approximate surface area is 128 Å². The van der Waals surface area contributed by atoms with Gasteiger partial charge in [-0.2, -0.15) is 0 Å². The molecule has 0 heterocycles. The van der Waals surface area contributed by atoms with Crippen LogP contribution in [0.25, 0.3) is 0 Å². The second-order valence-corrected chi connectivity index (χ2v) is 6.78. The molecule has 1 aromatic rings. The van der Waals surface area contributed by atoms with Gasteiger partial charge in [-0.3, -0.25) is 4.79 Å². The van der Waals surface area contributed by atoms with E-state index in [1.165, 1.54) is 18.2 Å². The average Bonchev–Trinajstić information content (AvgIpc) is 2.92. The third kappa shape index (κ3) is 2.92. The maximum absolute atomic E-state index is 13.4. The molecule has 4 atom stereocenters. The highest BCUT2D eigenvalue weighted by atomic mass is 35.5. The molecule has 0 aliphatic heterocycles. The second kappa shape index (κ2) is 5.58. The van der Waals surface area contributed by atoms with Crippen LogP contribution < -0.4 is 0 Å². The lowest BCUT2D eigenvalue weighted by molar-refractivity contribution is 0.0722. The van der Waals surface area contributed by atoms with Crippen LogP contribution in [0.5, 0.6) is 0 Å². The number of halogens is 2. The highest BCUT2D eigenvalue weighted by Gasteiger charge is 2.43. The van der Waals surface area contributed by atoms with Crippen molar-refractivity contribution < 1.29 is 14.3 Å². The van der Waals surface area contributed by atoms with Crippen molar-refractivity contribution in [2.75, 3.05) is 7.05 Å². The van der Waals surface area contributed by atoms with E-state index >= 15 is 0 Å². The largest absolute Gasteiger partial charge is 0.393 e. The second-order valence-electron chi connectivity index (χ2n) is 6.34. The topological polar surface area (TPSA) is 40.5 Å². The third-order valence-electron chi connectivity index (χ3n) is 4.94. The predicted molar refractivity (Wildman–Crippen MR) is 78.7 cm³/mol. The van der Waals surface area contributed by atoms with Gasteiger partial charge < -0.3 is 10.0 Å². The maximum Gasteiger partial charge on any atom is 0.254 e. The third-order valence-corrected chi connectivity index (χ3v) is 5.16. The number of hydrogen-bond donors (Lipinski definition) is 1. The minimum Gasteiger partial charge on any atom is -0.393 e. The van der Waals surface area contributed by atoms with Crippen molar-refractivity contribution in [1.82, 2.24) is 4.90 Å². The van der Waals surface area contributed by atoms with Crippen LogP contribution in [0.4, 0.5) is 4.39 Å². The van der Waals surface area contributed by atoms with E-state index in [9.17, 15) is 14.3 Å². The van der Waals surface area contributed by atoms with Gasteiger partial charge in [-0.1, -0.05) is 11.6 Å². The molecule has 2 unspecified atom stereocenters. The van der Waals surface area contributed by atoms with E-state index in [1.54, 1.807) is 11.9 Å². The highest BCUT2D eigenvalue weighted by molar-refractivity contribution is 6.31. The summed E-state index contributed by atoms with van der Waals surface area (Å²) >= 11 is 5.81. The quantitative estimate of drug-likeness (QED) is 0.911. The van der Waals surface area contributed by atoms with E-state index in [0.717, 1.165) is 25.7 Å². The minimum atomic E-state index is -0.495. The number of rotatable bonds is 2. The van der Waals surface area contributed by atoms with Gasteiger partial charge in [-0.15, -0.1) is 0 Å². The molecule has 114 valence electrons. The molecule has 0 aromatic heterocycles. The molecule has 2 saturated carbocycles. The lowest BCUT2D eigenvalue weighted by atomic mass is 10.0. The molecular formula is C16H19ClFNO2. The van der Waals surface area contributed by atoms with Crippen LogP contribution in [-0.2, 0) is 0 Å². The number of hydrogen-bond acceptors (Lipinski definition) is 2. The van der Waals surface area contributed by atoms with E-state index < -0.39 is 5.82 Å². The van der Waals surface area contributed by atoms with Gasteiger partial charge in [0.1, 0.15) is 5.82 Å². The molecule has 2 aliphatic carbocycles. The number of aliphatic hydroxyl groups excluding tert-OH is 1. The fourth-order valence-electron chi connectivity index (χ4n) is 3.92. The summed E-state index contributed by atoms with van der Waals surface area (Å²) in [6, 6.07) is 4.09. The first-order chi connectivity index (χ1) is 9.94. The smallest absolute Gasteiger partial charge is 0.254 e. The number of fused-ring (bicyclic) bond motifs is 1. The predicted octanol–water partition coefficient (Wildman–Crippen LogP) is 3.10. The van der Waals surface area contributed by atoms with Gasteiger partial charge in [0.15, 0.2) is 0 Å². The van der Waals surface area contributed by atoms with E-state index in [-0.39, 0.29) is 23.1 Å². The molecule has 5 heteroatoms. The summed E-state index contributed by atoms with van der Waals surface area (Å²) in [4.78, 5) is 14.2. The summed E-state index contributed by atoms with van der Waals surface area (Å²) < 4.78 is 13.4. The summed E-state index contributed by atoms with van der Waals surface area (Å²) in [5, 5.41) is 9.91. The van der Waals surface area contributed by atoms with Gasteiger partial charge in [0.05, 0.1) is 6.10 Å². The molecule has 1 aromatic carbocycles. The zero-order chi connectivity index (χ0) is 15.1. The Hall–Kier alpha value is -1.13. The van der Waals surface area contributed by atoms with Gasteiger partial charge in [0, 0.05) is 23.7 Å². The Morgan fingerprint density at radius 1 is 1.24 bits per heavy atom. The Kier molecular flexibility index (Phi) is 3.93. The molecule has 1 amide bonds. The lowest BCUT2D eigenvalue weighted by Crippen LogP contribution is -2.36. The zero-order valence-electron chi connectivity index (χ0n) is 11.9. The molecule has 3 nitrogen and oxygen atoms in total. The summed E-state index contributed by atoms with van der Waals surface area (Å²) in [7, 11) is 1.77. The SMILES string of the molecule is CN(C(=O)c1cc(F)cc(Cl)c1)C1C[C@H]2CC(O)C[C@H]2C1. The van der Waals surface area contributed by atoms with Crippen molar-refractivity contribution in [3.63, 3.8) is 0 Å². The Bertz CT molecular complexity index is 531. The van der Waals surface area contributed by atoms with Crippen molar-refractivity contribution in [3.8, 4) is 0 Å². The molecule has 2 fully saturated rings. The standard InChI is InChI=1S/C16H19ClFNO2/c1-19(14-4-9-6-15(20)7-10(9)5-14)16(21)11-2-12(17)8-13(18)3-11/h2-3,8-10,14-15,20H,4-7H2,1H3/t9-,10+,14?,15?. The molecule has 0 spiro atoms. The number of benzene rings is 1. The number of aliphatic hydroxyl groups is 1. The van der Waals surface area contributed by atoms with Crippen molar-refractivity contribution in [2.24, 2.45) is 11.8 Å². The summed E-state index contributed by atoms with van der Waals surface area (Å²) in [5.41, 5.74) is 0.291. The highest BCUT2D eigenvalue weighted by Crippen LogP contribution is 2.45. The van der Waals surface area contributed by atoms with Crippen LogP contribution in [0.2, 0.25) is 5.02 Å². The fourth-order valence-corrected chi connectivity index (χ4v) is 4.14. The molecule has 3 rings (SSSR count). The molecule has 0 bridgehead atoms. The normalized spacial score (nSPS) is 31.2. The van der Waals surface area contributed by atoms with Gasteiger partial charge in [0.25, 0.3) is 5.91 Å². The monoisotopic (exact) mass is 311 g/mol. The van der Waals surface area contributed by atoms with Crippen LogP contribution in [0.3, 0.4) is 0 Å². The molecule has 2 aliphatic rings. The Morgan fingerprint density at radius 3 is 2.43 bits per heavy atom. The Balaban J connectivity index is 1.71. The maximum atomic E-state index is 13.4. The molecule has 21 heavy (non-hydrogen) atoms. The minimum absolute atomic E-state index is 0.169. The number of nitrogens with zero attached hydrogens (tertiary/aromatic N) is 1. The van der Waals surface area contributed by atoms with Gasteiger partial charge in [-0.05, 0) is 55.7 Å². The first-order valence-electron chi connectivity index (χ1n) is 7.35. The van der Waals surface area contributed by atoms with Crippen LogP contribution in [0.1, 0.15) is 36.0 Å². The number of carbonyl (C=O) groups excluding carboxylic acids is 1. The first-order valence-corrected chi connectivity index (χ1v) is 7.73. The van der Waals surface area contributed by atoms with Crippen molar-refractivity contribution >= 4 is 17.5 Å². The molecule has 0 radical (unpaired) electrons. The average molecular weight is 312 g/mol. The van der Waals surface area contributed by atoms with E-state index in [1.807, 2.05) is 0 Å². The van der Waals surface area contributed by atoms with Crippen LogP contribution >= 0.6 is 11.6 Å². The lowest BCUT2D eigenvalue weighted by Gasteiger charge is -2.26. The summed E-state index contributed by atoms with van der Waals surface area (Å²) in [6.45, 7) is 0. The summed E-state index contributed by atoms with van der Waals surface area (Å²) in [6.07, 6.45) is 3.35. The van der Waals surface area contributed by atoms with Crippen LogP contribution in [0, 0.1) is 17.7 Å². The molecule has 0 saturated heterocycles. The van der Waals surface area contributed by atoms with Crippen LogP contribution in [-0.4, -0.2) is 35.1 Å². The van der Waals surface area contributed by atoms with Gasteiger partial charge in [-0.25, -0.2) is 4.39 Å². The van der Waals surface area contributed by atoms with E-state index in [0.29, 0.717) is 17.4 Å².